The van der Waals surface area contributed by atoms with Gasteiger partial charge in [-0.25, -0.2) is 9.18 Å². The number of carbonyl (C=O) groups excluding carboxylic acids is 1. The Morgan fingerprint density at radius 2 is 1.95 bits per heavy atom. The summed E-state index contributed by atoms with van der Waals surface area (Å²) < 4.78 is 20.6. The number of amides is 1. The van der Waals surface area contributed by atoms with Crippen LogP contribution in [0.25, 0.3) is 28.1 Å². The Bertz CT molecular complexity index is 1580. The standard InChI is InChI=1S/C28H21FN2O4S2/c1-35-23-7-4-17(12-21(23)20-14-19-8-10-30-25(19)22(29)15-20)13-24-26(32)31(28(36)37-24)11-9-16-2-5-18(6-3-16)27(33)34/h2-8,10,12-15,30H,9,11H2,1H3,(H,33,34). The number of thiocarbonyl (C=S) groups is 1. The zero-order valence-electron chi connectivity index (χ0n) is 19.7. The lowest BCUT2D eigenvalue weighted by Gasteiger charge is -2.14. The van der Waals surface area contributed by atoms with Crippen molar-refractivity contribution in [3.63, 3.8) is 0 Å². The number of thioether (sulfide) groups is 1. The van der Waals surface area contributed by atoms with Crippen molar-refractivity contribution in [2.24, 2.45) is 0 Å². The number of hydrogen-bond donors (Lipinski definition) is 2. The minimum absolute atomic E-state index is 0.186. The van der Waals surface area contributed by atoms with Gasteiger partial charge in [0.2, 0.25) is 0 Å². The molecule has 1 saturated heterocycles. The van der Waals surface area contributed by atoms with E-state index < -0.39 is 5.97 Å². The van der Waals surface area contributed by atoms with Gasteiger partial charge in [-0.15, -0.1) is 0 Å². The van der Waals surface area contributed by atoms with E-state index in [-0.39, 0.29) is 17.3 Å². The van der Waals surface area contributed by atoms with E-state index in [1.807, 2.05) is 24.3 Å². The average molecular weight is 533 g/mol. The molecule has 0 unspecified atom stereocenters. The van der Waals surface area contributed by atoms with Crippen molar-refractivity contribution in [1.82, 2.24) is 9.88 Å². The molecule has 2 heterocycles. The number of rotatable bonds is 7. The van der Waals surface area contributed by atoms with Gasteiger partial charge in [-0.05, 0) is 71.7 Å². The van der Waals surface area contributed by atoms with Crippen molar-refractivity contribution in [2.75, 3.05) is 13.7 Å². The van der Waals surface area contributed by atoms with Gasteiger partial charge in [0, 0.05) is 23.7 Å². The number of hydrogen-bond acceptors (Lipinski definition) is 5. The first-order valence-electron chi connectivity index (χ1n) is 11.4. The first-order chi connectivity index (χ1) is 17.8. The number of aromatic nitrogens is 1. The SMILES string of the molecule is COc1ccc(C=C2SC(=S)N(CCc3ccc(C(=O)O)cc3)C2=O)cc1-c1cc(F)c2[nH]ccc2c1. The lowest BCUT2D eigenvalue weighted by atomic mass is 10.00. The van der Waals surface area contributed by atoms with Crippen LogP contribution in [0, 0.1) is 5.82 Å². The Morgan fingerprint density at radius 1 is 1.16 bits per heavy atom. The van der Waals surface area contributed by atoms with E-state index in [0.717, 1.165) is 16.5 Å². The molecule has 1 aliphatic rings. The van der Waals surface area contributed by atoms with Crippen molar-refractivity contribution >= 4 is 57.2 Å². The van der Waals surface area contributed by atoms with Gasteiger partial charge in [0.25, 0.3) is 5.91 Å². The highest BCUT2D eigenvalue weighted by atomic mass is 32.2. The summed E-state index contributed by atoms with van der Waals surface area (Å²) in [6, 6.07) is 17.2. The van der Waals surface area contributed by atoms with Crippen molar-refractivity contribution < 1.29 is 23.8 Å². The second kappa shape index (κ2) is 10.2. The molecule has 0 spiro atoms. The molecule has 186 valence electrons. The second-order valence-corrected chi connectivity index (χ2v) is 10.1. The maximum Gasteiger partial charge on any atom is 0.335 e. The van der Waals surface area contributed by atoms with Gasteiger partial charge < -0.3 is 14.8 Å². The molecule has 4 aromatic rings. The number of benzene rings is 3. The third kappa shape index (κ3) is 5.00. The quantitative estimate of drug-likeness (QED) is 0.220. The van der Waals surface area contributed by atoms with Gasteiger partial charge >= 0.3 is 5.97 Å². The van der Waals surface area contributed by atoms with Crippen LogP contribution in [0.5, 0.6) is 5.75 Å². The number of carbonyl (C=O) groups is 2. The number of aromatic carboxylic acids is 1. The molecule has 0 atom stereocenters. The highest BCUT2D eigenvalue weighted by Crippen LogP contribution is 2.37. The van der Waals surface area contributed by atoms with E-state index in [1.165, 1.54) is 17.8 Å². The number of fused-ring (bicyclic) bond motifs is 1. The second-order valence-electron chi connectivity index (χ2n) is 8.45. The Hall–Kier alpha value is -3.95. The number of halogens is 1. The van der Waals surface area contributed by atoms with E-state index in [1.54, 1.807) is 54.6 Å². The minimum atomic E-state index is -0.981. The largest absolute Gasteiger partial charge is 0.496 e. The maximum absolute atomic E-state index is 14.6. The van der Waals surface area contributed by atoms with Crippen LogP contribution in [-0.2, 0) is 11.2 Å². The van der Waals surface area contributed by atoms with Gasteiger partial charge in [0.05, 0.1) is 23.1 Å². The molecule has 37 heavy (non-hydrogen) atoms. The number of aromatic amines is 1. The third-order valence-electron chi connectivity index (χ3n) is 6.14. The zero-order chi connectivity index (χ0) is 26.1. The summed E-state index contributed by atoms with van der Waals surface area (Å²) >= 11 is 6.69. The van der Waals surface area contributed by atoms with Gasteiger partial charge in [0.15, 0.2) is 0 Å². The van der Waals surface area contributed by atoms with E-state index in [4.69, 9.17) is 22.1 Å². The number of ether oxygens (including phenoxy) is 1. The highest BCUT2D eigenvalue weighted by molar-refractivity contribution is 8.26. The Kier molecular flexibility index (Phi) is 6.82. The van der Waals surface area contributed by atoms with E-state index in [0.29, 0.717) is 44.6 Å². The summed E-state index contributed by atoms with van der Waals surface area (Å²) in [5.41, 5.74) is 3.70. The Balaban J connectivity index is 1.38. The van der Waals surface area contributed by atoms with Crippen LogP contribution in [0.2, 0.25) is 0 Å². The van der Waals surface area contributed by atoms with Crippen LogP contribution in [0.3, 0.4) is 0 Å². The summed E-state index contributed by atoms with van der Waals surface area (Å²) in [5.74, 6) is -0.934. The molecular formula is C28H21FN2O4S2. The number of carboxylic acid groups (broad SMARTS) is 1. The molecular weight excluding hydrogens is 511 g/mol. The predicted molar refractivity (Wildman–Crippen MR) is 147 cm³/mol. The van der Waals surface area contributed by atoms with Gasteiger partial charge in [-0.3, -0.25) is 9.69 Å². The van der Waals surface area contributed by atoms with Gasteiger partial charge in [0.1, 0.15) is 15.9 Å². The Labute approximate surface area is 221 Å². The molecule has 1 fully saturated rings. The molecule has 9 heteroatoms. The molecule has 0 saturated carbocycles. The van der Waals surface area contributed by atoms with Crippen molar-refractivity contribution in [3.8, 4) is 16.9 Å². The molecule has 5 rings (SSSR count). The molecule has 0 aliphatic carbocycles. The van der Waals surface area contributed by atoms with Gasteiger partial charge in [-0.2, -0.15) is 0 Å². The first-order valence-corrected chi connectivity index (χ1v) is 12.6. The number of nitrogens with zero attached hydrogens (tertiary/aromatic N) is 1. The molecule has 6 nitrogen and oxygen atoms in total. The van der Waals surface area contributed by atoms with Crippen LogP contribution >= 0.6 is 24.0 Å². The molecule has 1 aliphatic heterocycles. The Morgan fingerprint density at radius 3 is 2.68 bits per heavy atom. The number of nitrogens with one attached hydrogen (secondary N) is 1. The highest BCUT2D eigenvalue weighted by Gasteiger charge is 2.31. The van der Waals surface area contributed by atoms with Crippen molar-refractivity contribution in [2.45, 2.75) is 6.42 Å². The minimum Gasteiger partial charge on any atom is -0.496 e. The third-order valence-corrected chi connectivity index (χ3v) is 7.52. The fraction of sp³-hybridized carbons (Fsp3) is 0.107. The van der Waals surface area contributed by atoms with Crippen molar-refractivity contribution in [1.29, 1.82) is 0 Å². The van der Waals surface area contributed by atoms with E-state index in [9.17, 15) is 14.0 Å². The molecule has 0 bridgehead atoms. The van der Waals surface area contributed by atoms with Crippen LogP contribution in [0.15, 0.2) is 71.8 Å². The van der Waals surface area contributed by atoms with Gasteiger partial charge in [-0.1, -0.05) is 42.2 Å². The lowest BCUT2D eigenvalue weighted by molar-refractivity contribution is -0.122. The molecule has 2 N–H and O–H groups in total. The normalized spacial score (nSPS) is 14.6. The summed E-state index contributed by atoms with van der Waals surface area (Å²) in [5, 5.41) is 9.80. The monoisotopic (exact) mass is 532 g/mol. The maximum atomic E-state index is 14.6. The molecule has 0 radical (unpaired) electrons. The number of H-pyrrole nitrogens is 1. The van der Waals surface area contributed by atoms with Crippen LogP contribution in [0.4, 0.5) is 4.39 Å². The smallest absolute Gasteiger partial charge is 0.335 e. The fourth-order valence-electron chi connectivity index (χ4n) is 4.22. The predicted octanol–water partition coefficient (Wildman–Crippen LogP) is 6.12. The average Bonchev–Trinajstić information content (AvgIpc) is 3.47. The van der Waals surface area contributed by atoms with E-state index >= 15 is 0 Å². The number of methoxy groups -OCH3 is 1. The zero-order valence-corrected chi connectivity index (χ0v) is 21.3. The summed E-state index contributed by atoms with van der Waals surface area (Å²) in [4.78, 5) is 29.1. The summed E-state index contributed by atoms with van der Waals surface area (Å²) in [6.07, 6.45) is 4.01. The fourth-order valence-corrected chi connectivity index (χ4v) is 5.53. The molecule has 1 aromatic heterocycles. The topological polar surface area (TPSA) is 82.6 Å². The summed E-state index contributed by atoms with van der Waals surface area (Å²) in [7, 11) is 1.56. The van der Waals surface area contributed by atoms with Crippen LogP contribution in [0.1, 0.15) is 21.5 Å². The molecule has 1 amide bonds. The van der Waals surface area contributed by atoms with Crippen LogP contribution in [-0.4, -0.2) is 44.8 Å². The molecule has 3 aromatic carbocycles. The number of carboxylic acids is 1. The van der Waals surface area contributed by atoms with Crippen molar-refractivity contribution in [3.05, 3.63) is 94.3 Å². The van der Waals surface area contributed by atoms with E-state index in [2.05, 4.69) is 4.98 Å². The summed E-state index contributed by atoms with van der Waals surface area (Å²) in [6.45, 7) is 0.387. The lowest BCUT2D eigenvalue weighted by Crippen LogP contribution is -2.30. The van der Waals surface area contributed by atoms with Crippen LogP contribution < -0.4 is 4.74 Å². The first kappa shape index (κ1) is 24.7.